The first-order valence-corrected chi connectivity index (χ1v) is 8.13. The van der Waals surface area contributed by atoms with Crippen molar-refractivity contribution < 1.29 is 0 Å². The minimum Gasteiger partial charge on any atom is -0.0961 e. The molecule has 0 aromatic heterocycles. The topological polar surface area (TPSA) is 0 Å². The van der Waals surface area contributed by atoms with Crippen LogP contribution in [0.3, 0.4) is 0 Å². The lowest BCUT2D eigenvalue weighted by Crippen LogP contribution is -1.62. The van der Waals surface area contributed by atoms with Crippen LogP contribution in [0.1, 0.15) is 61.0 Å². The van der Waals surface area contributed by atoms with Gasteiger partial charge in [0.1, 0.15) is 0 Å². The van der Waals surface area contributed by atoms with Crippen molar-refractivity contribution in [2.45, 2.75) is 62.3 Å². The van der Waals surface area contributed by atoms with Gasteiger partial charge in [0.2, 0.25) is 0 Å². The third-order valence-electron chi connectivity index (χ3n) is 1.62. The molecular weight excluding hydrogens is 252 g/mol. The molecule has 0 fully saturated rings. The lowest BCUT2D eigenvalue weighted by molar-refractivity contribution is 1.48. The van der Waals surface area contributed by atoms with Crippen LogP contribution in [0.4, 0.5) is 0 Å². The van der Waals surface area contributed by atoms with Gasteiger partial charge in [-0.3, -0.25) is 0 Å². The molecule has 1 aromatic rings. The molecule has 21 heavy (non-hydrogen) atoms. The Morgan fingerprint density at radius 3 is 1.52 bits per heavy atom. The molecule has 0 heteroatoms. The van der Waals surface area contributed by atoms with Crippen LogP contribution in [0.5, 0.6) is 0 Å². The zero-order valence-corrected chi connectivity index (χ0v) is 15.9. The molecule has 0 aliphatic carbocycles. The Balaban J connectivity index is -0.000000102. The third-order valence-corrected chi connectivity index (χ3v) is 1.62. The Hall–Kier alpha value is -1.56. The fourth-order valence-corrected chi connectivity index (χ4v) is 0.865. The van der Waals surface area contributed by atoms with Gasteiger partial charge in [0.15, 0.2) is 0 Å². The van der Waals surface area contributed by atoms with Crippen molar-refractivity contribution in [2.75, 3.05) is 0 Å². The molecule has 0 unspecified atom stereocenters. The highest BCUT2D eigenvalue weighted by Crippen LogP contribution is 1.92. The summed E-state index contributed by atoms with van der Waals surface area (Å²) in [7, 11) is 0. The molecule has 0 bridgehead atoms. The van der Waals surface area contributed by atoms with E-state index in [1.807, 2.05) is 97.9 Å². The van der Waals surface area contributed by atoms with E-state index in [0.717, 1.165) is 5.57 Å². The summed E-state index contributed by atoms with van der Waals surface area (Å²) in [5.41, 5.74) is 2.41. The maximum Gasteiger partial charge on any atom is -0.0398 e. The monoisotopic (exact) mass is 290 g/mol. The van der Waals surface area contributed by atoms with Crippen molar-refractivity contribution in [1.82, 2.24) is 0 Å². The first-order valence-electron chi connectivity index (χ1n) is 8.13. The molecule has 0 aliphatic rings. The van der Waals surface area contributed by atoms with Gasteiger partial charge in [-0.05, 0) is 20.8 Å². The Kier molecular flexibility index (Phi) is 41.0. The molecule has 0 aliphatic heterocycles. The second-order valence-electron chi connectivity index (χ2n) is 3.39. The number of aryl methyl sites for hydroxylation is 1. The first-order chi connectivity index (χ1) is 10.2. The second kappa shape index (κ2) is 31.0. The largest absolute Gasteiger partial charge is 0.0961 e. The van der Waals surface area contributed by atoms with Crippen LogP contribution in [0, 0.1) is 6.92 Å². The predicted molar refractivity (Wildman–Crippen MR) is 104 cm³/mol. The zero-order chi connectivity index (χ0) is 17.5. The molecule has 0 radical (unpaired) electrons. The van der Waals surface area contributed by atoms with Gasteiger partial charge in [-0.15, -0.1) is 0 Å². The van der Waals surface area contributed by atoms with E-state index in [0.29, 0.717) is 0 Å². The smallest absolute Gasteiger partial charge is 0.0398 e. The molecular formula is C21H38. The molecule has 0 spiro atoms. The van der Waals surface area contributed by atoms with Gasteiger partial charge in [-0.25, -0.2) is 0 Å². The standard InChI is InChI=1S/C8H12.C7H8.3C2H6/c1-4-5-6-7-8(2)3;1-7-5-3-2-4-6-7;3*1-2/h4-7H,2H2,1,3H3;2-6H,1H3;3*1-2H3/b5-4-,7-6-;;;;. The van der Waals surface area contributed by atoms with Gasteiger partial charge >= 0.3 is 0 Å². The molecule has 0 amide bonds. The summed E-state index contributed by atoms with van der Waals surface area (Å²) in [5.74, 6) is 0. The van der Waals surface area contributed by atoms with E-state index < -0.39 is 0 Å². The molecule has 0 saturated heterocycles. The van der Waals surface area contributed by atoms with Crippen molar-refractivity contribution in [3.05, 3.63) is 72.4 Å². The van der Waals surface area contributed by atoms with E-state index in [1.54, 1.807) is 0 Å². The minimum absolute atomic E-state index is 1.09. The van der Waals surface area contributed by atoms with Gasteiger partial charge in [0.25, 0.3) is 0 Å². The molecule has 0 N–H and O–H groups in total. The van der Waals surface area contributed by atoms with Crippen LogP contribution in [0.25, 0.3) is 0 Å². The van der Waals surface area contributed by atoms with E-state index in [2.05, 4.69) is 25.6 Å². The van der Waals surface area contributed by atoms with Gasteiger partial charge in [0, 0.05) is 0 Å². The number of hydrogen-bond acceptors (Lipinski definition) is 0. The van der Waals surface area contributed by atoms with Gasteiger partial charge in [-0.2, -0.15) is 0 Å². The van der Waals surface area contributed by atoms with Crippen molar-refractivity contribution in [2.24, 2.45) is 0 Å². The predicted octanol–water partition coefficient (Wildman–Crippen LogP) is 7.77. The molecule has 1 aromatic carbocycles. The maximum absolute atomic E-state index is 3.71. The molecule has 0 nitrogen and oxygen atoms in total. The molecule has 0 atom stereocenters. The SMILES string of the molecule is C=C(C)/C=C\C=C/C.CC.CC.CC.Cc1ccccc1. The van der Waals surface area contributed by atoms with E-state index in [-0.39, 0.29) is 0 Å². The average molecular weight is 291 g/mol. The van der Waals surface area contributed by atoms with E-state index in [4.69, 9.17) is 0 Å². The van der Waals surface area contributed by atoms with E-state index in [1.165, 1.54) is 5.56 Å². The van der Waals surface area contributed by atoms with Crippen LogP contribution in [0.15, 0.2) is 66.8 Å². The highest BCUT2D eigenvalue weighted by atomic mass is 13.8. The summed E-state index contributed by atoms with van der Waals surface area (Å²) in [6.45, 7) is 21.8. The number of benzene rings is 1. The Morgan fingerprint density at radius 1 is 0.857 bits per heavy atom. The summed E-state index contributed by atoms with van der Waals surface area (Å²) >= 11 is 0. The van der Waals surface area contributed by atoms with Crippen LogP contribution >= 0.6 is 0 Å². The van der Waals surface area contributed by atoms with Crippen molar-refractivity contribution in [3.8, 4) is 0 Å². The summed E-state index contributed by atoms with van der Waals surface area (Å²) < 4.78 is 0. The number of rotatable bonds is 2. The van der Waals surface area contributed by atoms with Crippen LogP contribution in [-0.4, -0.2) is 0 Å². The summed E-state index contributed by atoms with van der Waals surface area (Å²) in [5, 5.41) is 0. The molecule has 0 heterocycles. The fraction of sp³-hybridized carbons (Fsp3) is 0.429. The number of allylic oxidation sites excluding steroid dienone is 5. The molecule has 122 valence electrons. The Bertz CT molecular complexity index is 315. The normalized spacial score (nSPS) is 8.05. The Labute approximate surface area is 135 Å². The number of hydrogen-bond donors (Lipinski definition) is 0. The highest BCUT2D eigenvalue weighted by molar-refractivity contribution is 5.16. The third kappa shape index (κ3) is 38.1. The average Bonchev–Trinajstić information content (AvgIpc) is 2.54. The summed E-state index contributed by atoms with van der Waals surface area (Å²) in [6, 6.07) is 10.3. The summed E-state index contributed by atoms with van der Waals surface area (Å²) in [4.78, 5) is 0. The Morgan fingerprint density at radius 2 is 1.29 bits per heavy atom. The van der Waals surface area contributed by atoms with E-state index >= 15 is 0 Å². The lowest BCUT2D eigenvalue weighted by Gasteiger charge is -1.82. The van der Waals surface area contributed by atoms with Crippen molar-refractivity contribution in [1.29, 1.82) is 0 Å². The van der Waals surface area contributed by atoms with Crippen molar-refractivity contribution in [3.63, 3.8) is 0 Å². The van der Waals surface area contributed by atoms with E-state index in [9.17, 15) is 0 Å². The van der Waals surface area contributed by atoms with Gasteiger partial charge in [0.05, 0.1) is 0 Å². The van der Waals surface area contributed by atoms with Gasteiger partial charge in [-0.1, -0.05) is 114 Å². The summed E-state index contributed by atoms with van der Waals surface area (Å²) in [6.07, 6.45) is 7.91. The fourth-order valence-electron chi connectivity index (χ4n) is 0.865. The molecule has 0 saturated carbocycles. The van der Waals surface area contributed by atoms with Crippen LogP contribution < -0.4 is 0 Å². The van der Waals surface area contributed by atoms with Crippen molar-refractivity contribution >= 4 is 0 Å². The highest BCUT2D eigenvalue weighted by Gasteiger charge is 1.72. The molecule has 1 rings (SSSR count). The minimum atomic E-state index is 1.09. The zero-order valence-electron chi connectivity index (χ0n) is 15.9. The second-order valence-corrected chi connectivity index (χ2v) is 3.39. The van der Waals surface area contributed by atoms with Crippen LogP contribution in [-0.2, 0) is 0 Å². The first kappa shape index (κ1) is 27.7. The quantitative estimate of drug-likeness (QED) is 0.488. The lowest BCUT2D eigenvalue weighted by atomic mass is 10.2. The van der Waals surface area contributed by atoms with Gasteiger partial charge < -0.3 is 0 Å². The maximum atomic E-state index is 3.71. The van der Waals surface area contributed by atoms with Crippen LogP contribution in [0.2, 0.25) is 0 Å².